The maximum Gasteiger partial charge on any atom is 0.235 e. The van der Waals surface area contributed by atoms with Crippen molar-refractivity contribution in [2.45, 2.75) is 23.5 Å². The Morgan fingerprint density at radius 1 is 0.822 bits per heavy atom. The fraction of sp³-hybridized carbons (Fsp3) is 0.0732. The van der Waals surface area contributed by atoms with Crippen molar-refractivity contribution in [1.82, 2.24) is 14.5 Å². The Hall–Kier alpha value is -5.19. The molecule has 7 rings (SSSR count). The van der Waals surface area contributed by atoms with Crippen molar-refractivity contribution in [2.24, 2.45) is 0 Å². The highest BCUT2D eigenvalue weighted by molar-refractivity contribution is 8.00. The lowest BCUT2D eigenvalue weighted by Gasteiger charge is -2.17. The van der Waals surface area contributed by atoms with Gasteiger partial charge in [0.1, 0.15) is 0 Å². The lowest BCUT2D eigenvalue weighted by Crippen LogP contribution is -2.05. The minimum absolute atomic E-state index is 0.430. The van der Waals surface area contributed by atoms with Crippen LogP contribution in [0.5, 0.6) is 0 Å². The largest absolute Gasteiger partial charge is 0.278 e. The SMILES string of the molecule is C=C/C=C(\C=C)c1cc(-c2ccccc2)nc(-n2c3ccccc3c3cc(C4=CCC(Sc5ccccc5C)C=C4)ccc32)n1. The van der Waals surface area contributed by atoms with E-state index in [9.17, 15) is 0 Å². The van der Waals surface area contributed by atoms with Crippen LogP contribution in [0.15, 0.2) is 158 Å². The molecule has 0 N–H and O–H groups in total. The first-order valence-corrected chi connectivity index (χ1v) is 16.1. The number of fused-ring (bicyclic) bond motifs is 3. The minimum Gasteiger partial charge on any atom is -0.278 e. The van der Waals surface area contributed by atoms with Crippen LogP contribution in [0, 0.1) is 6.92 Å². The van der Waals surface area contributed by atoms with E-state index in [2.05, 4.69) is 122 Å². The molecule has 4 heteroatoms. The van der Waals surface area contributed by atoms with Crippen molar-refractivity contribution >= 4 is 44.7 Å². The monoisotopic (exact) mass is 599 g/mol. The summed E-state index contributed by atoms with van der Waals surface area (Å²) in [5, 5.41) is 2.78. The molecule has 4 aromatic carbocycles. The Kier molecular flexibility index (Phi) is 7.89. The van der Waals surface area contributed by atoms with Crippen LogP contribution in [0.2, 0.25) is 0 Å². The summed E-state index contributed by atoms with van der Waals surface area (Å²) >= 11 is 1.94. The van der Waals surface area contributed by atoms with Crippen molar-refractivity contribution in [3.63, 3.8) is 0 Å². The third-order valence-electron chi connectivity index (χ3n) is 8.24. The molecule has 45 heavy (non-hydrogen) atoms. The number of aryl methyl sites for hydroxylation is 1. The highest BCUT2D eigenvalue weighted by atomic mass is 32.2. The molecule has 0 bridgehead atoms. The fourth-order valence-corrected chi connectivity index (χ4v) is 7.03. The Balaban J connectivity index is 1.32. The van der Waals surface area contributed by atoms with E-state index >= 15 is 0 Å². The van der Waals surface area contributed by atoms with Gasteiger partial charge < -0.3 is 0 Å². The van der Waals surface area contributed by atoms with Gasteiger partial charge in [0, 0.05) is 26.5 Å². The maximum atomic E-state index is 5.12. The van der Waals surface area contributed by atoms with E-state index in [0.717, 1.165) is 40.0 Å². The molecule has 0 saturated carbocycles. The van der Waals surface area contributed by atoms with Crippen LogP contribution in [0.25, 0.3) is 50.2 Å². The summed E-state index contributed by atoms with van der Waals surface area (Å²) in [6.45, 7) is 10.1. The number of rotatable bonds is 8. The van der Waals surface area contributed by atoms with Gasteiger partial charge in [0.2, 0.25) is 5.95 Å². The lowest BCUT2D eigenvalue weighted by molar-refractivity contribution is 0.983. The molecule has 218 valence electrons. The molecule has 0 amide bonds. The second kappa shape index (κ2) is 12.4. The summed E-state index contributed by atoms with van der Waals surface area (Å²) in [6.07, 6.45) is 13.5. The molecule has 2 aromatic heterocycles. The van der Waals surface area contributed by atoms with Gasteiger partial charge in [-0.05, 0) is 65.9 Å². The third-order valence-corrected chi connectivity index (χ3v) is 9.60. The molecular formula is C41H33N3S. The number of allylic oxidation sites excluding steroid dienone is 7. The molecule has 3 nitrogen and oxygen atoms in total. The summed E-state index contributed by atoms with van der Waals surface area (Å²) < 4.78 is 2.18. The van der Waals surface area contributed by atoms with Crippen LogP contribution in [-0.4, -0.2) is 19.8 Å². The molecule has 0 saturated heterocycles. The van der Waals surface area contributed by atoms with Crippen LogP contribution in [0.1, 0.15) is 23.2 Å². The Morgan fingerprint density at radius 3 is 2.38 bits per heavy atom. The number of hydrogen-bond acceptors (Lipinski definition) is 3. The Morgan fingerprint density at radius 2 is 1.60 bits per heavy atom. The molecule has 0 aliphatic heterocycles. The molecule has 0 spiro atoms. The number of aromatic nitrogens is 3. The van der Waals surface area contributed by atoms with E-state index in [1.165, 1.54) is 32.4 Å². The summed E-state index contributed by atoms with van der Waals surface area (Å²) in [5.41, 5.74) is 9.50. The third kappa shape index (κ3) is 5.61. The molecular weight excluding hydrogens is 567 g/mol. The van der Waals surface area contributed by atoms with Gasteiger partial charge in [-0.1, -0.05) is 122 Å². The molecule has 1 aliphatic carbocycles. The van der Waals surface area contributed by atoms with Gasteiger partial charge in [0.15, 0.2) is 0 Å². The molecule has 1 aliphatic rings. The number of thioether (sulfide) groups is 1. The van der Waals surface area contributed by atoms with Crippen molar-refractivity contribution in [2.75, 3.05) is 0 Å². The number of para-hydroxylation sites is 1. The van der Waals surface area contributed by atoms with Gasteiger partial charge in [-0.15, -0.1) is 11.8 Å². The van der Waals surface area contributed by atoms with E-state index < -0.39 is 0 Å². The van der Waals surface area contributed by atoms with E-state index in [1.807, 2.05) is 48.2 Å². The molecule has 0 radical (unpaired) electrons. The Bertz CT molecular complexity index is 2160. The summed E-state index contributed by atoms with van der Waals surface area (Å²) in [7, 11) is 0. The second-order valence-electron chi connectivity index (χ2n) is 11.1. The summed E-state index contributed by atoms with van der Waals surface area (Å²) in [6, 6.07) is 36.1. The van der Waals surface area contributed by atoms with Crippen molar-refractivity contribution in [3.05, 3.63) is 170 Å². The van der Waals surface area contributed by atoms with E-state index in [0.29, 0.717) is 11.2 Å². The van der Waals surface area contributed by atoms with Gasteiger partial charge in [0.25, 0.3) is 0 Å². The van der Waals surface area contributed by atoms with Gasteiger partial charge >= 0.3 is 0 Å². The number of hydrogen-bond donors (Lipinski definition) is 0. The lowest BCUT2D eigenvalue weighted by atomic mass is 9.98. The smallest absolute Gasteiger partial charge is 0.235 e. The predicted molar refractivity (Wildman–Crippen MR) is 193 cm³/mol. The van der Waals surface area contributed by atoms with Gasteiger partial charge in [-0.2, -0.15) is 0 Å². The maximum absolute atomic E-state index is 5.12. The highest BCUT2D eigenvalue weighted by Crippen LogP contribution is 2.37. The molecule has 1 unspecified atom stereocenters. The molecule has 2 heterocycles. The molecule has 0 fully saturated rings. The number of nitrogens with zero attached hydrogens (tertiary/aromatic N) is 3. The van der Waals surface area contributed by atoms with Crippen molar-refractivity contribution < 1.29 is 0 Å². The number of benzene rings is 4. The van der Waals surface area contributed by atoms with E-state index in [1.54, 1.807) is 6.08 Å². The zero-order valence-corrected chi connectivity index (χ0v) is 26.0. The normalized spacial score (nSPS) is 14.9. The van der Waals surface area contributed by atoms with Crippen LogP contribution in [0.4, 0.5) is 0 Å². The van der Waals surface area contributed by atoms with Crippen molar-refractivity contribution in [3.8, 4) is 17.2 Å². The van der Waals surface area contributed by atoms with Crippen LogP contribution in [-0.2, 0) is 0 Å². The van der Waals surface area contributed by atoms with Gasteiger partial charge in [0.05, 0.1) is 22.4 Å². The minimum atomic E-state index is 0.430. The highest BCUT2D eigenvalue weighted by Gasteiger charge is 2.18. The van der Waals surface area contributed by atoms with Crippen molar-refractivity contribution in [1.29, 1.82) is 0 Å². The first kappa shape index (κ1) is 28.6. The Labute approximate surface area is 268 Å². The van der Waals surface area contributed by atoms with Crippen LogP contribution in [0.3, 0.4) is 0 Å². The summed E-state index contributed by atoms with van der Waals surface area (Å²) in [4.78, 5) is 11.6. The predicted octanol–water partition coefficient (Wildman–Crippen LogP) is 10.8. The zero-order chi connectivity index (χ0) is 30.8. The summed E-state index contributed by atoms with van der Waals surface area (Å²) in [5.74, 6) is 0.620. The fourth-order valence-electron chi connectivity index (χ4n) is 5.95. The van der Waals surface area contributed by atoms with E-state index in [-0.39, 0.29) is 0 Å². The first-order chi connectivity index (χ1) is 22.1. The van der Waals surface area contributed by atoms with Gasteiger partial charge in [-0.3, -0.25) is 4.57 Å². The van der Waals surface area contributed by atoms with Crippen LogP contribution < -0.4 is 0 Å². The zero-order valence-electron chi connectivity index (χ0n) is 25.2. The average Bonchev–Trinajstić information content (AvgIpc) is 3.42. The van der Waals surface area contributed by atoms with Gasteiger partial charge in [-0.25, -0.2) is 9.97 Å². The molecule has 1 atom stereocenters. The average molecular weight is 600 g/mol. The quantitative estimate of drug-likeness (QED) is 0.163. The second-order valence-corrected chi connectivity index (χ2v) is 12.4. The topological polar surface area (TPSA) is 30.7 Å². The first-order valence-electron chi connectivity index (χ1n) is 15.2. The van der Waals surface area contributed by atoms with Crippen LogP contribution >= 0.6 is 11.8 Å². The van der Waals surface area contributed by atoms with E-state index in [4.69, 9.17) is 9.97 Å². The molecule has 6 aromatic rings. The standard InChI is InChI=1S/C41H33N3S/c1-4-13-29(5-2)36-27-37(31-15-7-6-8-16-31)43-41(42-36)44-38-18-11-10-17-34(38)35-26-32(22-25-39(35)44)30-20-23-33(24-21-30)45-40-19-12-9-14-28(40)3/h4-23,25-27,33H,1-2,24H2,3H3/b29-13+.